The first-order valence-corrected chi connectivity index (χ1v) is 18.2. The molecule has 0 bridgehead atoms. The quantitative estimate of drug-likeness (QED) is 0.125. The Morgan fingerprint density at radius 1 is 0.878 bits per heavy atom. The summed E-state index contributed by atoms with van der Waals surface area (Å²) < 4.78 is 47.9. The fourth-order valence-corrected chi connectivity index (χ4v) is 7.04. The molecule has 1 amide bonds. The molecule has 0 unspecified atom stereocenters. The predicted molar refractivity (Wildman–Crippen MR) is 188 cm³/mol. The maximum Gasteiger partial charge on any atom is 0.277 e. The average Bonchev–Trinajstić information content (AvgIpc) is 3.45. The summed E-state index contributed by atoms with van der Waals surface area (Å²) in [5, 5.41) is 0. The number of sulfonamides is 1. The number of pyridine rings is 1. The van der Waals surface area contributed by atoms with Crippen molar-refractivity contribution in [3.8, 4) is 11.1 Å². The van der Waals surface area contributed by atoms with Gasteiger partial charge in [-0.1, -0.05) is 87.4 Å². The van der Waals surface area contributed by atoms with E-state index in [2.05, 4.69) is 11.6 Å². The number of aromatic nitrogens is 3. The van der Waals surface area contributed by atoms with Crippen LogP contribution in [-0.4, -0.2) is 34.2 Å². The smallest absolute Gasteiger partial charge is 0.277 e. The van der Waals surface area contributed by atoms with Gasteiger partial charge in [-0.25, -0.2) is 22.5 Å². The highest BCUT2D eigenvalue weighted by molar-refractivity contribution is 7.90. The molecule has 0 aliphatic carbocycles. The van der Waals surface area contributed by atoms with Crippen LogP contribution in [0.3, 0.4) is 0 Å². The Labute approximate surface area is 285 Å². The number of carbonyl (C=O) groups excluding carboxylic acids is 2. The molecule has 9 nitrogen and oxygen atoms in total. The number of rotatable bonds is 16. The molecule has 11 heteroatoms. The topological polar surface area (TPSA) is 120 Å². The van der Waals surface area contributed by atoms with Crippen LogP contribution in [0.1, 0.15) is 69.3 Å². The van der Waals surface area contributed by atoms with Crippen LogP contribution in [0.2, 0.25) is 0 Å². The highest BCUT2D eigenvalue weighted by Crippen LogP contribution is 2.29. The number of hydrogen-bond acceptors (Lipinski definition) is 6. The van der Waals surface area contributed by atoms with Gasteiger partial charge in [-0.05, 0) is 48.6 Å². The number of hydrogen-bond donors (Lipinski definition) is 1. The van der Waals surface area contributed by atoms with Crippen molar-refractivity contribution in [2.24, 2.45) is 0 Å². The summed E-state index contributed by atoms with van der Waals surface area (Å²) in [5.74, 6) is -0.620. The number of unbranched alkanes of at least 4 members (excludes halogenated alkanes) is 2. The van der Waals surface area contributed by atoms with Crippen molar-refractivity contribution in [3.05, 3.63) is 118 Å². The standard InChI is InChI=1S/C38H41FN4O5S/c1-3-5-14-30(44)26-42-23-22-33-37(38(42)46)43(35(40-33)17-6-4-2)25-29-20-19-28(24-32(29)39)31-15-10-11-16-34(31)49(47,48)41-36(45)21-18-27-12-8-7-9-13-27/h7-13,15-16,19-20,22-24H,3-6,14,17-18,21,25-26H2,1-2H3,(H,41,45). The zero-order valence-electron chi connectivity index (χ0n) is 27.8. The van der Waals surface area contributed by atoms with Crippen molar-refractivity contribution in [2.75, 3.05) is 0 Å². The Morgan fingerprint density at radius 2 is 1.61 bits per heavy atom. The molecule has 2 aromatic heterocycles. The normalized spacial score (nSPS) is 11.6. The second-order valence-electron chi connectivity index (χ2n) is 12.2. The van der Waals surface area contributed by atoms with E-state index in [-0.39, 0.29) is 46.9 Å². The third kappa shape index (κ3) is 8.58. The van der Waals surface area contributed by atoms with Crippen LogP contribution >= 0.6 is 0 Å². The second kappa shape index (κ2) is 16.0. The van der Waals surface area contributed by atoms with Crippen LogP contribution < -0.4 is 10.3 Å². The molecule has 256 valence electrons. The van der Waals surface area contributed by atoms with E-state index in [9.17, 15) is 22.8 Å². The van der Waals surface area contributed by atoms with E-state index >= 15 is 4.39 Å². The van der Waals surface area contributed by atoms with Gasteiger partial charge in [0.25, 0.3) is 15.6 Å². The number of amides is 1. The zero-order valence-corrected chi connectivity index (χ0v) is 28.6. The second-order valence-corrected chi connectivity index (χ2v) is 13.8. The number of carbonyl (C=O) groups is 2. The van der Waals surface area contributed by atoms with Gasteiger partial charge in [0.2, 0.25) is 5.91 Å². The number of benzene rings is 3. The maximum atomic E-state index is 15.9. The molecule has 0 aliphatic rings. The van der Waals surface area contributed by atoms with Crippen LogP contribution in [0, 0.1) is 5.82 Å². The predicted octanol–water partition coefficient (Wildman–Crippen LogP) is 6.59. The van der Waals surface area contributed by atoms with E-state index in [1.807, 2.05) is 37.3 Å². The summed E-state index contributed by atoms with van der Waals surface area (Å²) in [5.41, 5.74) is 2.17. The van der Waals surface area contributed by atoms with Gasteiger partial charge in [-0.2, -0.15) is 0 Å². The molecule has 2 heterocycles. The molecule has 0 atom stereocenters. The molecule has 0 saturated carbocycles. The number of nitrogens with one attached hydrogen (secondary N) is 1. The monoisotopic (exact) mass is 684 g/mol. The van der Waals surface area contributed by atoms with E-state index in [1.54, 1.807) is 47.2 Å². The Balaban J connectivity index is 1.42. The summed E-state index contributed by atoms with van der Waals surface area (Å²) in [6.45, 7) is 4.03. The van der Waals surface area contributed by atoms with Gasteiger partial charge in [0.15, 0.2) is 5.78 Å². The van der Waals surface area contributed by atoms with Crippen LogP contribution in [0.5, 0.6) is 0 Å². The lowest BCUT2D eigenvalue weighted by molar-refractivity contribution is -0.120. The minimum Gasteiger partial charge on any atom is -0.319 e. The lowest BCUT2D eigenvalue weighted by Crippen LogP contribution is -2.31. The van der Waals surface area contributed by atoms with Crippen molar-refractivity contribution in [1.29, 1.82) is 0 Å². The minimum atomic E-state index is -4.26. The van der Waals surface area contributed by atoms with E-state index < -0.39 is 21.7 Å². The molecule has 3 aromatic carbocycles. The van der Waals surface area contributed by atoms with E-state index in [1.165, 1.54) is 16.7 Å². The fourth-order valence-electron chi connectivity index (χ4n) is 5.80. The molecule has 1 N–H and O–H groups in total. The van der Waals surface area contributed by atoms with Crippen molar-refractivity contribution in [1.82, 2.24) is 18.8 Å². The SMILES string of the molecule is CCCCC(=O)Cn1ccc2nc(CCCC)n(Cc3ccc(-c4ccccc4S(=O)(=O)NC(=O)CCc4ccccc4)cc3F)c2c1=O. The average molecular weight is 685 g/mol. The lowest BCUT2D eigenvalue weighted by Gasteiger charge is -2.14. The van der Waals surface area contributed by atoms with Gasteiger partial charge in [0.1, 0.15) is 17.2 Å². The summed E-state index contributed by atoms with van der Waals surface area (Å²) in [4.78, 5) is 43.3. The molecule has 0 spiro atoms. The van der Waals surface area contributed by atoms with Crippen LogP contribution in [0.15, 0.2) is 94.7 Å². The van der Waals surface area contributed by atoms with Crippen LogP contribution in [0.25, 0.3) is 22.2 Å². The molecule has 5 rings (SSSR count). The van der Waals surface area contributed by atoms with Crippen LogP contribution in [-0.2, 0) is 45.5 Å². The van der Waals surface area contributed by atoms with Gasteiger partial charge < -0.3 is 9.13 Å². The van der Waals surface area contributed by atoms with E-state index in [4.69, 9.17) is 4.98 Å². The Hall–Kier alpha value is -4.90. The largest absolute Gasteiger partial charge is 0.319 e. The van der Waals surface area contributed by atoms with Gasteiger partial charge in [-0.15, -0.1) is 0 Å². The van der Waals surface area contributed by atoms with E-state index in [0.717, 1.165) is 31.2 Å². The maximum absolute atomic E-state index is 15.9. The summed E-state index contributed by atoms with van der Waals surface area (Å²) in [6.07, 6.45) is 6.29. The van der Waals surface area contributed by atoms with Crippen molar-refractivity contribution in [3.63, 3.8) is 0 Å². The van der Waals surface area contributed by atoms with E-state index in [0.29, 0.717) is 41.7 Å². The Morgan fingerprint density at radius 3 is 2.35 bits per heavy atom. The highest BCUT2D eigenvalue weighted by Gasteiger charge is 2.23. The molecule has 0 saturated heterocycles. The van der Waals surface area contributed by atoms with Crippen molar-refractivity contribution >= 4 is 32.7 Å². The molecule has 5 aromatic rings. The van der Waals surface area contributed by atoms with Gasteiger partial charge in [0.05, 0.1) is 23.5 Å². The summed E-state index contributed by atoms with van der Waals surface area (Å²) in [7, 11) is -4.26. The lowest BCUT2D eigenvalue weighted by atomic mass is 10.0. The molecule has 0 aliphatic heterocycles. The number of Topliss-reactive ketones (excluding diaryl/α,β-unsaturated/α-hetero) is 1. The van der Waals surface area contributed by atoms with Crippen molar-refractivity contribution in [2.45, 2.75) is 83.2 Å². The summed E-state index contributed by atoms with van der Waals surface area (Å²) >= 11 is 0. The number of fused-ring (bicyclic) bond motifs is 1. The van der Waals surface area contributed by atoms with Gasteiger partial charge in [0, 0.05) is 36.6 Å². The first-order chi connectivity index (χ1) is 23.6. The first-order valence-electron chi connectivity index (χ1n) is 16.7. The third-order valence-corrected chi connectivity index (χ3v) is 9.89. The fraction of sp³-hybridized carbons (Fsp3) is 0.316. The number of nitrogens with zero attached hydrogens (tertiary/aromatic N) is 3. The number of halogens is 1. The van der Waals surface area contributed by atoms with Gasteiger partial charge >= 0.3 is 0 Å². The number of aryl methyl sites for hydroxylation is 2. The first kappa shape index (κ1) is 35.4. The van der Waals surface area contributed by atoms with Gasteiger partial charge in [-0.3, -0.25) is 14.4 Å². The third-order valence-electron chi connectivity index (χ3n) is 8.46. The Kier molecular flexibility index (Phi) is 11.6. The van der Waals surface area contributed by atoms with Crippen LogP contribution in [0.4, 0.5) is 4.39 Å². The minimum absolute atomic E-state index is 0.0157. The Bertz CT molecular complexity index is 2120. The molecule has 49 heavy (non-hydrogen) atoms. The highest BCUT2D eigenvalue weighted by atomic mass is 32.2. The molecule has 0 fully saturated rings. The molecular formula is C38H41FN4O5S. The van der Waals surface area contributed by atoms with Crippen molar-refractivity contribution < 1.29 is 22.4 Å². The number of imidazole rings is 1. The molecular weight excluding hydrogens is 644 g/mol. The number of ketones is 1. The molecule has 0 radical (unpaired) electrons. The summed E-state index contributed by atoms with van der Waals surface area (Å²) in [6, 6.07) is 21.6. The zero-order chi connectivity index (χ0) is 35.0.